The molecule has 39 nitrogen and oxygen atoms in total. The number of aromatic amines is 3. The highest BCUT2D eigenvalue weighted by Crippen LogP contribution is 2.30. The molecule has 8 rings (SSSR count). The predicted molar refractivity (Wildman–Crippen MR) is 482 cm³/mol. The fourth-order valence-corrected chi connectivity index (χ4v) is 17.2. The number of thioether (sulfide) groups is 1. The number of para-hydroxylation sites is 2. The van der Waals surface area contributed by atoms with E-state index in [-0.39, 0.29) is 83.1 Å². The number of benzene rings is 3. The number of rotatable bonds is 25. The van der Waals surface area contributed by atoms with Crippen LogP contribution in [-0.2, 0) is 107 Å². The number of aliphatic hydroxyl groups excluding tert-OH is 2. The molecule has 2 aliphatic rings. The van der Waals surface area contributed by atoms with Crippen molar-refractivity contribution in [2.75, 3.05) is 79.1 Å². The normalized spacial score (nSPS) is 23.9. The summed E-state index contributed by atoms with van der Waals surface area (Å²) in [4.78, 5) is 267. The summed E-state index contributed by atoms with van der Waals surface area (Å²) in [6.07, 6.45) is 4.23. The van der Waals surface area contributed by atoms with E-state index in [4.69, 9.17) is 22.6 Å². The fourth-order valence-electron chi connectivity index (χ4n) is 16.3. The molecule has 0 radical (unpaired) electrons. The Balaban J connectivity index is 1.17. The predicted octanol–water partition coefficient (Wildman–Crippen LogP) is 0.171. The Labute approximate surface area is 757 Å². The van der Waals surface area contributed by atoms with Crippen LogP contribution in [0.15, 0.2) is 104 Å². The topological polar surface area (TPSA) is 593 Å². The van der Waals surface area contributed by atoms with Crippen LogP contribution in [0.4, 0.5) is 0 Å². The third-order valence-corrected chi connectivity index (χ3v) is 24.9. The molecule has 0 spiro atoms. The molecule has 0 aliphatic carbocycles. The maximum absolute atomic E-state index is 15.7. The van der Waals surface area contributed by atoms with Crippen molar-refractivity contribution in [3.05, 3.63) is 126 Å². The summed E-state index contributed by atoms with van der Waals surface area (Å²) in [5, 5.41) is 49.7. The van der Waals surface area contributed by atoms with Gasteiger partial charge in [-0.15, -0.1) is 11.8 Å². The van der Waals surface area contributed by atoms with Crippen molar-refractivity contribution >= 4 is 139 Å². The molecule has 130 heavy (non-hydrogen) atoms. The molecule has 2 fully saturated rings. The number of primary amides is 2. The Kier molecular flexibility index (Phi) is 39.7. The number of aromatic nitrogens is 4. The number of carbonyl (C=O) groups excluding carboxylic acids is 17. The molecule has 6 aromatic rings. The Bertz CT molecular complexity index is 4990. The lowest BCUT2D eigenvalue weighted by molar-refractivity contribution is -0.149. The number of Topliss-reactive ketones (excluding diaryl/α,β-unsaturated/α-hetero) is 4. The number of hydrogen-bond donors (Lipinski definition) is 16. The van der Waals surface area contributed by atoms with Crippen LogP contribution in [0.1, 0.15) is 139 Å². The maximum atomic E-state index is 15.7. The van der Waals surface area contributed by atoms with Gasteiger partial charge in [0.25, 0.3) is 0 Å². The van der Waals surface area contributed by atoms with Gasteiger partial charge in [0.15, 0.2) is 23.3 Å². The molecule has 3 aromatic carbocycles. The summed E-state index contributed by atoms with van der Waals surface area (Å²) in [6.45, 7) is 1.66. The van der Waals surface area contributed by atoms with Crippen molar-refractivity contribution in [3.63, 3.8) is 0 Å². The van der Waals surface area contributed by atoms with Gasteiger partial charge in [0, 0.05) is 150 Å². The van der Waals surface area contributed by atoms with Gasteiger partial charge in [-0.2, -0.15) is 0 Å². The molecule has 13 atom stereocenters. The number of unbranched alkanes of at least 4 members (excludes halogenated alkanes) is 2. The quantitative estimate of drug-likeness (QED) is 0.0206. The second kappa shape index (κ2) is 50.3. The summed E-state index contributed by atoms with van der Waals surface area (Å²) >= 11 is 0.816. The zero-order valence-corrected chi connectivity index (χ0v) is 75.4. The van der Waals surface area contributed by atoms with Crippen molar-refractivity contribution in [2.24, 2.45) is 40.9 Å². The van der Waals surface area contributed by atoms with Crippen LogP contribution in [0.3, 0.4) is 0 Å². The summed E-state index contributed by atoms with van der Waals surface area (Å²) in [7, 11) is 5.26. The molecule has 40 heteroatoms. The van der Waals surface area contributed by atoms with Gasteiger partial charge in [0.1, 0.15) is 42.0 Å². The third-order valence-electron chi connectivity index (χ3n) is 23.8. The monoisotopic (exact) mass is 1820 g/mol. The number of carbonyl (C=O) groups is 17. The van der Waals surface area contributed by atoms with Gasteiger partial charge in [0.2, 0.25) is 76.8 Å². The molecule has 2 saturated heterocycles. The number of imidazole rings is 1. The van der Waals surface area contributed by atoms with Gasteiger partial charge in [-0.25, -0.2) is 4.98 Å². The van der Waals surface area contributed by atoms with Crippen LogP contribution in [0, 0.1) is 29.1 Å². The van der Waals surface area contributed by atoms with E-state index in [0.29, 0.717) is 69.9 Å². The Morgan fingerprint density at radius 2 is 1.10 bits per heavy atom. The molecule has 5 heterocycles. The third kappa shape index (κ3) is 29.4. The van der Waals surface area contributed by atoms with Crippen molar-refractivity contribution in [1.82, 2.24) is 81.7 Å². The molecular weight excluding hydrogens is 1700 g/mol. The number of nitrogens with one attached hydrogen (secondary N) is 11. The first-order valence-electron chi connectivity index (χ1n) is 43.9. The number of nitrogens with zero attached hydrogens (tertiary/aromatic N) is 6. The zero-order valence-electron chi connectivity index (χ0n) is 74.6. The van der Waals surface area contributed by atoms with Gasteiger partial charge >= 0.3 is 0 Å². The molecule has 13 amide bonds. The second-order valence-electron chi connectivity index (χ2n) is 33.4. The standard InChI is InChI=1S/C90H124N20O19S/c1-8-10-28-70-75(115)37-54(23-19-31-96-90(93)94)82(122)105-69(84(124)99-45-78(92)118)49-130-50-80(120)102-66(33-53-21-13-12-14-22-53)86(126)107(5)52(3)81(121)103-68(41-77(91)117)88(128)110-32-20-30-71(110)76(116)38-55(34-60-44-95-51-100-60)73(113)40-59(48-112)85(125)106(4)46-79(119)101-65(35-56-42-97-63-26-17-15-24-61(56)63)74(114)39-58(47-111)83(123)104-67(36-57-43-98-64-27-18-16-25-62(57)64)87(127)109(7)72(29-11-9-2)89(129)108(70)6/h12-18,21-22,24-27,42-44,51-52,54-55,58-59,65-72,97-98,111-112H,8-11,19-20,23,28-41,45-50H2,1-7H3,(H2,91,117)(H2,92,118)(H,95,100)(H,99,124)(H,101,119)(H,102,120)(H,103,121)(H,104,123)(H,105,122)(H4,93,94,96)/t52-,54+,55+,58-,59-,65-,66-,67-,68-,69-,70-,71-,72+/m0/s1. The second-order valence-corrected chi connectivity index (χ2v) is 34.5. The number of hydrogen-bond acceptors (Lipinski definition) is 22. The van der Waals surface area contributed by atoms with Gasteiger partial charge in [-0.3, -0.25) is 86.9 Å². The molecule has 3 aromatic heterocycles. The number of aliphatic hydroxyl groups is 2. The van der Waals surface area contributed by atoms with E-state index in [0.717, 1.165) is 26.5 Å². The van der Waals surface area contributed by atoms with E-state index in [1.807, 2.05) is 13.8 Å². The lowest BCUT2D eigenvalue weighted by atomic mass is 9.85. The first-order chi connectivity index (χ1) is 62.1. The number of likely N-dealkylation sites (N-methyl/N-ethyl adjacent to an activating group) is 4. The summed E-state index contributed by atoms with van der Waals surface area (Å²) in [5.74, 6) is -21.2. The molecule has 0 unspecified atom stereocenters. The van der Waals surface area contributed by atoms with Crippen molar-refractivity contribution < 1.29 is 91.7 Å². The number of amides is 13. The van der Waals surface area contributed by atoms with Crippen LogP contribution in [0.5, 0.6) is 0 Å². The van der Waals surface area contributed by atoms with Gasteiger partial charge < -0.3 is 104 Å². The van der Waals surface area contributed by atoms with E-state index in [1.54, 1.807) is 91.3 Å². The summed E-state index contributed by atoms with van der Waals surface area (Å²) in [6, 6.07) is 9.73. The van der Waals surface area contributed by atoms with E-state index in [1.165, 1.54) is 57.4 Å². The molecule has 0 saturated carbocycles. The lowest BCUT2D eigenvalue weighted by Gasteiger charge is -2.36. The van der Waals surface area contributed by atoms with E-state index in [9.17, 15) is 67.7 Å². The molecule has 0 bridgehead atoms. The van der Waals surface area contributed by atoms with Crippen LogP contribution in [-0.4, -0.2) is 294 Å². The average molecular weight is 1820 g/mol. The van der Waals surface area contributed by atoms with Gasteiger partial charge in [-0.05, 0) is 80.7 Å². The SMILES string of the molecule is CCCC[C@@H]1C(=O)N(C)[C@@H](CCCC)C(=O)C[C@@H](CCCNC(=N)N)C(=O)N[C@H](C(=O)NCC(N)=O)CSCC(=O)N[C@@H](Cc2ccccc2)C(=O)N(C)[C@@H](C)C(=O)N[C@@H](CC(N)=O)C(=O)N2CCC[C@H]2C(=O)C[C@@H](Cc2cnc[nH]2)C(=O)C[C@@H](CO)C(=O)N(C)CC(=O)N[C@@H](Cc2c[nH]c3ccccc23)C(=O)C[C@@H](CO)C(=O)N[C@@H](Cc2c[nH]c3ccccc23)C(=O)N1C. The molecular formula is C90H124N20O19S. The van der Waals surface area contributed by atoms with Crippen LogP contribution >= 0.6 is 11.8 Å². The summed E-state index contributed by atoms with van der Waals surface area (Å²) < 4.78 is 0. The van der Waals surface area contributed by atoms with Crippen LogP contribution in [0.25, 0.3) is 21.8 Å². The first kappa shape index (κ1) is 103. The molecule has 2 aliphatic heterocycles. The Morgan fingerprint density at radius 3 is 1.71 bits per heavy atom. The number of nitrogens with two attached hydrogens (primary N) is 3. The van der Waals surface area contributed by atoms with E-state index >= 15 is 24.0 Å². The lowest BCUT2D eigenvalue weighted by Crippen LogP contribution is -2.58. The Morgan fingerprint density at radius 1 is 0.538 bits per heavy atom. The number of fused-ring (bicyclic) bond motifs is 3. The number of ketones is 4. The highest BCUT2D eigenvalue weighted by molar-refractivity contribution is 8.00. The molecule has 19 N–H and O–H groups in total. The number of guanidine groups is 1. The number of H-pyrrole nitrogens is 3. The van der Waals surface area contributed by atoms with Crippen molar-refractivity contribution in [3.8, 4) is 0 Å². The largest absolute Gasteiger partial charge is 0.396 e. The highest BCUT2D eigenvalue weighted by atomic mass is 32.2. The average Bonchev–Trinajstić information content (AvgIpc) is 1.59. The van der Waals surface area contributed by atoms with Crippen LogP contribution in [0.2, 0.25) is 0 Å². The van der Waals surface area contributed by atoms with Gasteiger partial charge in [0.05, 0.1) is 74.8 Å². The maximum Gasteiger partial charge on any atom is 0.246 e. The van der Waals surface area contributed by atoms with E-state index in [2.05, 4.69) is 57.2 Å². The van der Waals surface area contributed by atoms with Crippen LogP contribution < -0.4 is 54.4 Å². The minimum Gasteiger partial charge on any atom is -0.396 e. The summed E-state index contributed by atoms with van der Waals surface area (Å²) in [5.41, 5.74) is 20.2. The fraction of sp³-hybridized carbons (Fsp3) is 0.522. The first-order valence-corrected chi connectivity index (χ1v) is 45.0. The molecule has 704 valence electrons. The van der Waals surface area contributed by atoms with Crippen molar-refractivity contribution in [2.45, 2.75) is 197 Å². The van der Waals surface area contributed by atoms with E-state index < -0.39 is 248 Å². The zero-order chi connectivity index (χ0) is 95.0. The van der Waals surface area contributed by atoms with Gasteiger partial charge in [-0.1, -0.05) is 106 Å². The highest BCUT2D eigenvalue weighted by Gasteiger charge is 2.44. The minimum absolute atomic E-state index is 0.0345. The minimum atomic E-state index is -1.72. The van der Waals surface area contributed by atoms with Crippen molar-refractivity contribution in [1.29, 1.82) is 5.41 Å². The smallest absolute Gasteiger partial charge is 0.246 e. The Hall–Kier alpha value is -12.7.